The molecule has 0 amide bonds. The van der Waals surface area contributed by atoms with Gasteiger partial charge in [-0.2, -0.15) is 0 Å². The van der Waals surface area contributed by atoms with E-state index in [-0.39, 0.29) is 5.41 Å². The first-order valence-corrected chi connectivity index (χ1v) is 18.2. The van der Waals surface area contributed by atoms with E-state index in [0.717, 1.165) is 6.42 Å². The molecular formula is C45H58. The lowest BCUT2D eigenvalue weighted by atomic mass is 9.72. The number of hydrogen-bond donors (Lipinski definition) is 0. The molecular weight excluding hydrogens is 540 g/mol. The van der Waals surface area contributed by atoms with Crippen LogP contribution < -0.4 is 0 Å². The van der Waals surface area contributed by atoms with Gasteiger partial charge in [0.2, 0.25) is 0 Å². The van der Waals surface area contributed by atoms with Crippen molar-refractivity contribution >= 4 is 5.57 Å². The molecule has 0 N–H and O–H groups in total. The third-order valence-electron chi connectivity index (χ3n) is 10.3. The molecule has 0 aromatic heterocycles. The molecule has 0 heteroatoms. The average Bonchev–Trinajstić information content (AvgIpc) is 3.00. The van der Waals surface area contributed by atoms with Crippen LogP contribution in [0.2, 0.25) is 0 Å². The van der Waals surface area contributed by atoms with Crippen LogP contribution in [0.15, 0.2) is 85.0 Å². The van der Waals surface area contributed by atoms with Crippen molar-refractivity contribution in [3.05, 3.63) is 135 Å². The number of unbranched alkanes of at least 4 members (excludes halogenated alkanes) is 2. The summed E-state index contributed by atoms with van der Waals surface area (Å²) in [7, 11) is 0. The van der Waals surface area contributed by atoms with Gasteiger partial charge in [-0.25, -0.2) is 0 Å². The predicted molar refractivity (Wildman–Crippen MR) is 197 cm³/mol. The number of hydrogen-bond acceptors (Lipinski definition) is 0. The van der Waals surface area contributed by atoms with Crippen LogP contribution in [0.5, 0.6) is 0 Å². The molecule has 0 fully saturated rings. The summed E-state index contributed by atoms with van der Waals surface area (Å²) < 4.78 is 0. The lowest BCUT2D eigenvalue weighted by Gasteiger charge is -2.32. The van der Waals surface area contributed by atoms with E-state index in [1.807, 2.05) is 0 Å². The Labute approximate surface area is 275 Å². The van der Waals surface area contributed by atoms with Crippen molar-refractivity contribution in [3.63, 3.8) is 0 Å². The summed E-state index contributed by atoms with van der Waals surface area (Å²) in [4.78, 5) is 0. The average molecular weight is 599 g/mol. The maximum atomic E-state index is 2.53. The highest BCUT2D eigenvalue weighted by molar-refractivity contribution is 5.70. The fraction of sp³-hybridized carbons (Fsp3) is 0.467. The Balaban J connectivity index is 0.00000128. The molecule has 0 heterocycles. The Morgan fingerprint density at radius 2 is 1.13 bits per heavy atom. The molecule has 3 aromatic carbocycles. The van der Waals surface area contributed by atoms with E-state index in [2.05, 4.69) is 120 Å². The molecule has 0 saturated carbocycles. The van der Waals surface area contributed by atoms with E-state index in [1.165, 1.54) is 117 Å². The second kappa shape index (κ2) is 15.9. The quantitative estimate of drug-likeness (QED) is 0.136. The van der Waals surface area contributed by atoms with Crippen molar-refractivity contribution in [2.75, 3.05) is 0 Å². The van der Waals surface area contributed by atoms with Gasteiger partial charge in [-0.1, -0.05) is 119 Å². The largest absolute Gasteiger partial charge is 0.0911 e. The minimum atomic E-state index is 0.169. The van der Waals surface area contributed by atoms with Gasteiger partial charge in [0.15, 0.2) is 0 Å². The summed E-state index contributed by atoms with van der Waals surface area (Å²) in [5.41, 5.74) is 15.6. The Morgan fingerprint density at radius 3 is 1.58 bits per heavy atom. The van der Waals surface area contributed by atoms with Gasteiger partial charge in [0.05, 0.1) is 0 Å². The lowest BCUT2D eigenvalue weighted by Crippen LogP contribution is -2.21. The number of rotatable bonds is 13. The molecule has 1 atom stereocenters. The number of aryl methyl sites for hydroxylation is 8. The fourth-order valence-corrected chi connectivity index (χ4v) is 7.32. The minimum Gasteiger partial charge on any atom is -0.0911 e. The molecule has 0 radical (unpaired) electrons. The van der Waals surface area contributed by atoms with Crippen LogP contribution in [0.1, 0.15) is 123 Å². The zero-order valence-electron chi connectivity index (χ0n) is 29.1. The van der Waals surface area contributed by atoms with Crippen molar-refractivity contribution in [1.82, 2.24) is 0 Å². The zero-order valence-corrected chi connectivity index (χ0v) is 29.1. The Bertz CT molecular complexity index is 1430. The van der Waals surface area contributed by atoms with Crippen molar-refractivity contribution in [3.8, 4) is 0 Å². The van der Waals surface area contributed by atoms with Gasteiger partial charge in [0.25, 0.3) is 0 Å². The van der Waals surface area contributed by atoms with E-state index >= 15 is 0 Å². The molecule has 0 spiro atoms. The number of fused-ring (bicyclic) bond motifs is 2. The van der Waals surface area contributed by atoms with E-state index in [4.69, 9.17) is 0 Å². The van der Waals surface area contributed by atoms with E-state index in [1.54, 1.807) is 22.3 Å². The third-order valence-corrected chi connectivity index (χ3v) is 10.3. The normalized spacial score (nSPS) is 16.6. The smallest absolute Gasteiger partial charge is 0.0104 e. The molecule has 0 bridgehead atoms. The summed E-state index contributed by atoms with van der Waals surface area (Å²) in [5.74, 6) is 0.534. The Morgan fingerprint density at radius 1 is 0.644 bits per heavy atom. The topological polar surface area (TPSA) is 0 Å². The molecule has 6 rings (SSSR count). The van der Waals surface area contributed by atoms with Crippen LogP contribution in [0.4, 0.5) is 0 Å². The van der Waals surface area contributed by atoms with Gasteiger partial charge in [-0.15, -0.1) is 0 Å². The maximum absolute atomic E-state index is 2.53. The van der Waals surface area contributed by atoms with Crippen molar-refractivity contribution in [2.24, 2.45) is 11.3 Å². The first-order chi connectivity index (χ1) is 21.9. The summed E-state index contributed by atoms with van der Waals surface area (Å²) in [6, 6.07) is 22.0. The Hall–Kier alpha value is -3.12. The molecule has 0 aliphatic heterocycles. The van der Waals surface area contributed by atoms with Crippen molar-refractivity contribution in [2.45, 2.75) is 125 Å². The predicted octanol–water partition coefficient (Wildman–Crippen LogP) is 12.0. The van der Waals surface area contributed by atoms with Crippen molar-refractivity contribution in [1.29, 1.82) is 0 Å². The molecule has 3 aliphatic carbocycles. The van der Waals surface area contributed by atoms with Gasteiger partial charge >= 0.3 is 0 Å². The molecule has 3 aliphatic rings. The van der Waals surface area contributed by atoms with Crippen LogP contribution in [0.3, 0.4) is 0 Å². The van der Waals surface area contributed by atoms with Crippen molar-refractivity contribution < 1.29 is 0 Å². The van der Waals surface area contributed by atoms with Crippen LogP contribution >= 0.6 is 0 Å². The minimum absolute atomic E-state index is 0.169. The molecule has 45 heavy (non-hydrogen) atoms. The highest BCUT2D eigenvalue weighted by atomic mass is 14.3. The van der Waals surface area contributed by atoms with E-state index in [9.17, 15) is 0 Å². The van der Waals surface area contributed by atoms with Gasteiger partial charge in [-0.3, -0.25) is 0 Å². The molecule has 0 saturated heterocycles. The summed E-state index contributed by atoms with van der Waals surface area (Å²) >= 11 is 0. The number of allylic oxidation sites excluding steroid dienone is 6. The maximum Gasteiger partial charge on any atom is -0.0104 e. The standard InChI is InChI=1S/C42H50.C3H8/c1-4-24-42(2,3)41-15-9-14-37(30-41)40-28-33(12-7-5-10-31-16-18-35-20-22-38(35)26-31)25-34(29-40)13-8-6-11-32-17-19-36-21-23-39(36)27-32;1-3-2/h4,9,14-19,24-29,41H,5-8,10-13,20-23,30H2,1-3H3;3H2,1-2H3. The number of benzene rings is 3. The first-order valence-electron chi connectivity index (χ1n) is 18.2. The monoisotopic (exact) mass is 598 g/mol. The highest BCUT2D eigenvalue weighted by Gasteiger charge is 2.27. The van der Waals surface area contributed by atoms with Gasteiger partial charge in [-0.05, 0) is 157 Å². The summed E-state index contributed by atoms with van der Waals surface area (Å²) in [5, 5.41) is 0. The van der Waals surface area contributed by atoms with Gasteiger partial charge in [0.1, 0.15) is 0 Å². The highest BCUT2D eigenvalue weighted by Crippen LogP contribution is 2.39. The van der Waals surface area contributed by atoms with Crippen LogP contribution in [0.25, 0.3) is 5.57 Å². The zero-order chi connectivity index (χ0) is 31.6. The summed E-state index contributed by atoms with van der Waals surface area (Å²) in [6.45, 7) is 11.2. The van der Waals surface area contributed by atoms with Gasteiger partial charge in [0, 0.05) is 0 Å². The first kappa shape index (κ1) is 33.2. The Kier molecular flexibility index (Phi) is 11.8. The SMILES string of the molecule is CC=CC(C)(C)C1C=CC=C(c2cc(CCCCc3ccc4c(c3)CC4)cc(CCCCc3ccc4c(c3)CC4)c2)C1.CCC. The molecule has 3 aromatic rings. The van der Waals surface area contributed by atoms with Crippen LogP contribution in [-0.4, -0.2) is 0 Å². The summed E-state index contributed by atoms with van der Waals surface area (Å²) in [6.07, 6.45) is 29.0. The second-order valence-electron chi connectivity index (χ2n) is 14.6. The third kappa shape index (κ3) is 9.00. The van der Waals surface area contributed by atoms with Crippen LogP contribution in [-0.2, 0) is 51.4 Å². The van der Waals surface area contributed by atoms with Gasteiger partial charge < -0.3 is 0 Å². The lowest BCUT2D eigenvalue weighted by molar-refractivity contribution is 0.347. The molecule has 238 valence electrons. The molecule has 1 unspecified atom stereocenters. The fourth-order valence-electron chi connectivity index (χ4n) is 7.32. The molecule has 0 nitrogen and oxygen atoms in total. The second-order valence-corrected chi connectivity index (χ2v) is 14.6. The van der Waals surface area contributed by atoms with Crippen LogP contribution in [0, 0.1) is 11.3 Å². The van der Waals surface area contributed by atoms with E-state index < -0.39 is 0 Å². The van der Waals surface area contributed by atoms with E-state index in [0.29, 0.717) is 5.92 Å².